The summed E-state index contributed by atoms with van der Waals surface area (Å²) in [5.74, 6) is 1.20. The van der Waals surface area contributed by atoms with Gasteiger partial charge in [-0.2, -0.15) is 0 Å². The highest BCUT2D eigenvalue weighted by Gasteiger charge is 2.14. The predicted octanol–water partition coefficient (Wildman–Crippen LogP) is 3.66. The molecule has 1 atom stereocenters. The first-order chi connectivity index (χ1) is 10.6. The standard InChI is InChI=1S/C18H21NO3/c1-4-14-5-7-15(8-6-14)19-18(20)13(2)22-17-11-9-16(21-3)10-12-17/h5-13H,4H2,1-3H3,(H,19,20). The second-order valence-corrected chi connectivity index (χ2v) is 4.98. The molecule has 0 fully saturated rings. The maximum Gasteiger partial charge on any atom is 0.265 e. The summed E-state index contributed by atoms with van der Waals surface area (Å²) in [6.45, 7) is 3.82. The van der Waals surface area contributed by atoms with E-state index in [4.69, 9.17) is 9.47 Å². The van der Waals surface area contributed by atoms with Crippen molar-refractivity contribution in [2.24, 2.45) is 0 Å². The summed E-state index contributed by atoms with van der Waals surface area (Å²) in [4.78, 5) is 12.1. The first-order valence-corrected chi connectivity index (χ1v) is 7.33. The molecule has 0 heterocycles. The summed E-state index contributed by atoms with van der Waals surface area (Å²) in [6.07, 6.45) is 0.393. The third-order valence-electron chi connectivity index (χ3n) is 3.37. The van der Waals surface area contributed by atoms with Gasteiger partial charge in [-0.3, -0.25) is 4.79 Å². The van der Waals surface area contributed by atoms with Crippen molar-refractivity contribution >= 4 is 11.6 Å². The molecule has 1 amide bonds. The van der Waals surface area contributed by atoms with Gasteiger partial charge in [-0.15, -0.1) is 0 Å². The van der Waals surface area contributed by atoms with Gasteiger partial charge in [0.05, 0.1) is 7.11 Å². The first-order valence-electron chi connectivity index (χ1n) is 7.33. The van der Waals surface area contributed by atoms with Crippen LogP contribution in [0.15, 0.2) is 48.5 Å². The largest absolute Gasteiger partial charge is 0.497 e. The molecule has 0 aromatic heterocycles. The number of aryl methyl sites for hydroxylation is 1. The van der Waals surface area contributed by atoms with Crippen molar-refractivity contribution in [1.29, 1.82) is 0 Å². The van der Waals surface area contributed by atoms with Crippen LogP contribution >= 0.6 is 0 Å². The van der Waals surface area contributed by atoms with Gasteiger partial charge in [-0.25, -0.2) is 0 Å². The lowest BCUT2D eigenvalue weighted by atomic mass is 10.1. The molecule has 0 radical (unpaired) electrons. The van der Waals surface area contributed by atoms with E-state index in [1.54, 1.807) is 38.3 Å². The third kappa shape index (κ3) is 4.25. The van der Waals surface area contributed by atoms with Crippen LogP contribution in [0, 0.1) is 0 Å². The molecule has 0 aliphatic heterocycles. The van der Waals surface area contributed by atoms with Gasteiger partial charge in [0.25, 0.3) is 5.91 Å². The smallest absolute Gasteiger partial charge is 0.265 e. The molecule has 2 aromatic carbocycles. The minimum atomic E-state index is -0.584. The average Bonchev–Trinajstić information content (AvgIpc) is 2.56. The van der Waals surface area contributed by atoms with Crippen LogP contribution in [0.2, 0.25) is 0 Å². The van der Waals surface area contributed by atoms with Gasteiger partial charge in [0.1, 0.15) is 11.5 Å². The quantitative estimate of drug-likeness (QED) is 0.885. The van der Waals surface area contributed by atoms with Crippen LogP contribution in [-0.4, -0.2) is 19.1 Å². The highest BCUT2D eigenvalue weighted by atomic mass is 16.5. The van der Waals surface area contributed by atoms with Crippen molar-refractivity contribution in [3.63, 3.8) is 0 Å². The Labute approximate surface area is 131 Å². The third-order valence-corrected chi connectivity index (χ3v) is 3.37. The van der Waals surface area contributed by atoms with E-state index in [1.165, 1.54) is 5.56 Å². The fourth-order valence-electron chi connectivity index (χ4n) is 1.98. The van der Waals surface area contributed by atoms with Gasteiger partial charge < -0.3 is 14.8 Å². The normalized spacial score (nSPS) is 11.6. The molecule has 0 saturated carbocycles. The van der Waals surface area contributed by atoms with Crippen LogP contribution in [0.25, 0.3) is 0 Å². The lowest BCUT2D eigenvalue weighted by Crippen LogP contribution is -2.30. The Morgan fingerprint density at radius 3 is 2.18 bits per heavy atom. The topological polar surface area (TPSA) is 47.6 Å². The number of carbonyl (C=O) groups is 1. The van der Waals surface area contributed by atoms with Gasteiger partial charge in [-0.1, -0.05) is 19.1 Å². The molecule has 116 valence electrons. The lowest BCUT2D eigenvalue weighted by Gasteiger charge is -2.15. The van der Waals surface area contributed by atoms with Crippen molar-refractivity contribution < 1.29 is 14.3 Å². The van der Waals surface area contributed by atoms with Crippen LogP contribution in [0.3, 0.4) is 0 Å². The fraction of sp³-hybridized carbons (Fsp3) is 0.278. The van der Waals surface area contributed by atoms with Gasteiger partial charge >= 0.3 is 0 Å². The molecule has 0 aliphatic carbocycles. The van der Waals surface area contributed by atoms with E-state index < -0.39 is 6.10 Å². The van der Waals surface area contributed by atoms with Gasteiger partial charge in [0.15, 0.2) is 6.10 Å². The number of hydrogen-bond donors (Lipinski definition) is 1. The number of methoxy groups -OCH3 is 1. The summed E-state index contributed by atoms with van der Waals surface area (Å²) >= 11 is 0. The first kappa shape index (κ1) is 15.9. The van der Waals surface area contributed by atoms with E-state index in [0.29, 0.717) is 5.75 Å². The zero-order valence-corrected chi connectivity index (χ0v) is 13.1. The molecule has 0 saturated heterocycles. The maximum absolute atomic E-state index is 12.1. The minimum Gasteiger partial charge on any atom is -0.497 e. The second kappa shape index (κ2) is 7.50. The SMILES string of the molecule is CCc1ccc(NC(=O)C(C)Oc2ccc(OC)cc2)cc1. The molecule has 2 rings (SSSR count). The maximum atomic E-state index is 12.1. The highest BCUT2D eigenvalue weighted by molar-refractivity contribution is 5.94. The Bertz CT molecular complexity index is 605. The lowest BCUT2D eigenvalue weighted by molar-refractivity contribution is -0.122. The monoisotopic (exact) mass is 299 g/mol. The summed E-state index contributed by atoms with van der Waals surface area (Å²) in [7, 11) is 1.61. The van der Waals surface area contributed by atoms with E-state index in [0.717, 1.165) is 17.9 Å². The number of hydrogen-bond acceptors (Lipinski definition) is 3. The number of carbonyl (C=O) groups excluding carboxylic acids is 1. The van der Waals surface area contributed by atoms with E-state index >= 15 is 0 Å². The van der Waals surface area contributed by atoms with Gasteiger partial charge in [-0.05, 0) is 55.3 Å². The van der Waals surface area contributed by atoms with Crippen molar-refractivity contribution in [2.75, 3.05) is 12.4 Å². The van der Waals surface area contributed by atoms with Crippen molar-refractivity contribution in [3.8, 4) is 11.5 Å². The van der Waals surface area contributed by atoms with Crippen molar-refractivity contribution in [3.05, 3.63) is 54.1 Å². The second-order valence-electron chi connectivity index (χ2n) is 4.98. The zero-order chi connectivity index (χ0) is 15.9. The molecule has 1 unspecified atom stereocenters. The Hall–Kier alpha value is -2.49. The van der Waals surface area contributed by atoms with Crippen molar-refractivity contribution in [1.82, 2.24) is 0 Å². The summed E-state index contributed by atoms with van der Waals surface area (Å²) in [6, 6.07) is 15.0. The Balaban J connectivity index is 1.92. The molecule has 1 N–H and O–H groups in total. The molecule has 4 heteroatoms. The van der Waals surface area contributed by atoms with E-state index in [1.807, 2.05) is 24.3 Å². The Morgan fingerprint density at radius 2 is 1.64 bits per heavy atom. The van der Waals surface area contributed by atoms with Crippen LogP contribution in [0.4, 0.5) is 5.69 Å². The number of benzene rings is 2. The highest BCUT2D eigenvalue weighted by Crippen LogP contribution is 2.18. The molecule has 4 nitrogen and oxygen atoms in total. The summed E-state index contributed by atoms with van der Waals surface area (Å²) < 4.78 is 10.7. The van der Waals surface area contributed by atoms with Crippen LogP contribution < -0.4 is 14.8 Å². The average molecular weight is 299 g/mol. The minimum absolute atomic E-state index is 0.180. The number of rotatable bonds is 6. The molecule has 0 aliphatic rings. The van der Waals surface area contributed by atoms with E-state index in [9.17, 15) is 4.79 Å². The van der Waals surface area contributed by atoms with Crippen molar-refractivity contribution in [2.45, 2.75) is 26.4 Å². The van der Waals surface area contributed by atoms with Gasteiger partial charge in [0, 0.05) is 5.69 Å². The number of anilines is 1. The molecule has 22 heavy (non-hydrogen) atoms. The van der Waals surface area contributed by atoms with Crippen LogP contribution in [0.1, 0.15) is 19.4 Å². The molecular formula is C18H21NO3. The zero-order valence-electron chi connectivity index (χ0n) is 13.1. The number of ether oxygens (including phenoxy) is 2. The Kier molecular flexibility index (Phi) is 5.42. The predicted molar refractivity (Wildman–Crippen MR) is 87.5 cm³/mol. The van der Waals surface area contributed by atoms with Crippen LogP contribution in [0.5, 0.6) is 11.5 Å². The summed E-state index contributed by atoms with van der Waals surface area (Å²) in [5.41, 5.74) is 2.01. The number of amides is 1. The Morgan fingerprint density at radius 1 is 1.05 bits per heavy atom. The van der Waals surface area contributed by atoms with Crippen LogP contribution in [-0.2, 0) is 11.2 Å². The molecular weight excluding hydrogens is 278 g/mol. The number of nitrogens with one attached hydrogen (secondary N) is 1. The van der Waals surface area contributed by atoms with E-state index in [-0.39, 0.29) is 5.91 Å². The fourth-order valence-corrected chi connectivity index (χ4v) is 1.98. The summed E-state index contributed by atoms with van der Waals surface area (Å²) in [5, 5.41) is 2.85. The van der Waals surface area contributed by atoms with Gasteiger partial charge in [0.2, 0.25) is 0 Å². The molecule has 0 bridgehead atoms. The molecule has 2 aromatic rings. The van der Waals surface area contributed by atoms with E-state index in [2.05, 4.69) is 12.2 Å². The molecule has 0 spiro atoms.